The van der Waals surface area contributed by atoms with E-state index in [1.165, 1.54) is 0 Å². The first-order valence-electron chi connectivity index (χ1n) is 7.20. The number of amides is 1. The zero-order valence-electron chi connectivity index (χ0n) is 13.9. The summed E-state index contributed by atoms with van der Waals surface area (Å²) in [5, 5.41) is 7.09. The van der Waals surface area contributed by atoms with Gasteiger partial charge >= 0.3 is 0 Å². The Kier molecular flexibility index (Phi) is 9.35. The summed E-state index contributed by atoms with van der Waals surface area (Å²) in [5.41, 5.74) is 7.04. The summed E-state index contributed by atoms with van der Waals surface area (Å²) < 4.78 is 7.36. The second-order valence-corrected chi connectivity index (χ2v) is 5.06. The number of anilines is 1. The molecule has 0 aliphatic rings. The second kappa shape index (κ2) is 10.1. The molecule has 1 unspecified atom stereocenters. The minimum Gasteiger partial charge on any atom is -0.436 e. The van der Waals surface area contributed by atoms with Crippen molar-refractivity contribution in [3.05, 3.63) is 30.2 Å². The van der Waals surface area contributed by atoms with Gasteiger partial charge in [0.05, 0.1) is 17.9 Å². The Morgan fingerprint density at radius 2 is 2.17 bits per heavy atom. The van der Waals surface area contributed by atoms with Crippen molar-refractivity contribution in [2.75, 3.05) is 5.32 Å². The normalized spacial score (nSPS) is 11.0. The molecule has 0 aliphatic carbocycles. The molecule has 0 bridgehead atoms. The summed E-state index contributed by atoms with van der Waals surface area (Å²) in [7, 11) is 1.75. The molecule has 2 heterocycles. The summed E-state index contributed by atoms with van der Waals surface area (Å²) in [4.78, 5) is 16.1. The molecule has 134 valence electrons. The van der Waals surface area contributed by atoms with Crippen LogP contribution in [0.2, 0.25) is 0 Å². The van der Waals surface area contributed by atoms with Gasteiger partial charge in [-0.05, 0) is 25.5 Å². The highest BCUT2D eigenvalue weighted by Gasteiger charge is 2.20. The van der Waals surface area contributed by atoms with Crippen molar-refractivity contribution in [3.8, 4) is 11.6 Å². The summed E-state index contributed by atoms with van der Waals surface area (Å²) in [6, 6.07) is 3.01. The molecule has 24 heavy (non-hydrogen) atoms. The molecule has 9 heteroatoms. The molecule has 0 fully saturated rings. The third-order valence-electron chi connectivity index (χ3n) is 3.20. The lowest BCUT2D eigenvalue weighted by atomic mass is 10.1. The largest absolute Gasteiger partial charge is 0.436 e. The number of hydrogen-bond acceptors (Lipinski definition) is 5. The number of pyridine rings is 1. The minimum atomic E-state index is -0.546. The summed E-state index contributed by atoms with van der Waals surface area (Å²) in [6.07, 6.45) is 4.73. The maximum Gasteiger partial charge on any atom is 0.241 e. The number of aryl methyl sites for hydroxylation is 2. The number of halogens is 2. The molecule has 1 atom stereocenters. The molecule has 7 nitrogen and oxygen atoms in total. The third kappa shape index (κ3) is 5.36. The molecular formula is C15H23Cl2N5O2. The van der Waals surface area contributed by atoms with Crippen LogP contribution >= 0.6 is 24.8 Å². The van der Waals surface area contributed by atoms with Crippen LogP contribution in [0, 0.1) is 6.92 Å². The average Bonchev–Trinajstić information content (AvgIpc) is 2.75. The van der Waals surface area contributed by atoms with Gasteiger partial charge in [-0.25, -0.2) is 4.68 Å². The summed E-state index contributed by atoms with van der Waals surface area (Å²) >= 11 is 0. The van der Waals surface area contributed by atoms with Gasteiger partial charge in [0.2, 0.25) is 11.8 Å². The Labute approximate surface area is 153 Å². The Bertz CT molecular complexity index is 649. The topological polar surface area (TPSA) is 95.1 Å². The van der Waals surface area contributed by atoms with Crippen LogP contribution in [0.25, 0.3) is 0 Å². The first-order chi connectivity index (χ1) is 10.5. The fraction of sp³-hybridized carbons (Fsp3) is 0.400. The zero-order chi connectivity index (χ0) is 16.1. The van der Waals surface area contributed by atoms with Crippen LogP contribution in [0.5, 0.6) is 11.6 Å². The van der Waals surface area contributed by atoms with E-state index in [2.05, 4.69) is 15.4 Å². The Morgan fingerprint density at radius 1 is 1.46 bits per heavy atom. The van der Waals surface area contributed by atoms with Crippen molar-refractivity contribution >= 4 is 36.4 Å². The molecule has 0 saturated carbocycles. The standard InChI is InChI=1S/C15H21N5O2.2ClH/c1-4-6-12(16)14(21)18-13-10(2)19-20(3)15(13)22-11-7-5-8-17-9-11;;/h5,7-9,12H,4,6,16H2,1-3H3,(H,18,21);2*1H. The van der Waals surface area contributed by atoms with Crippen molar-refractivity contribution in [1.29, 1.82) is 0 Å². The van der Waals surface area contributed by atoms with Crippen LogP contribution in [0.4, 0.5) is 5.69 Å². The highest BCUT2D eigenvalue weighted by molar-refractivity contribution is 5.96. The highest BCUT2D eigenvalue weighted by Crippen LogP contribution is 2.31. The van der Waals surface area contributed by atoms with Gasteiger partial charge in [0.15, 0.2) is 0 Å². The van der Waals surface area contributed by atoms with Gasteiger partial charge in [-0.2, -0.15) is 5.10 Å². The first kappa shape index (κ1) is 22.2. The SMILES string of the molecule is CCCC(N)C(=O)Nc1c(C)nn(C)c1Oc1cccnc1.Cl.Cl. The molecule has 1 amide bonds. The van der Waals surface area contributed by atoms with Crippen LogP contribution < -0.4 is 15.8 Å². The Balaban J connectivity index is 0.00000264. The van der Waals surface area contributed by atoms with Crippen molar-refractivity contribution in [2.24, 2.45) is 12.8 Å². The van der Waals surface area contributed by atoms with Crippen LogP contribution in [-0.2, 0) is 11.8 Å². The number of nitrogens with zero attached hydrogens (tertiary/aromatic N) is 3. The zero-order valence-corrected chi connectivity index (χ0v) is 15.5. The molecule has 2 aromatic heterocycles. The van der Waals surface area contributed by atoms with Gasteiger partial charge in [-0.15, -0.1) is 24.8 Å². The fourth-order valence-electron chi connectivity index (χ4n) is 2.08. The fourth-order valence-corrected chi connectivity index (χ4v) is 2.08. The minimum absolute atomic E-state index is 0. The smallest absolute Gasteiger partial charge is 0.241 e. The van der Waals surface area contributed by atoms with Gasteiger partial charge in [-0.3, -0.25) is 9.78 Å². The molecule has 0 aromatic carbocycles. The maximum absolute atomic E-state index is 12.1. The van der Waals surface area contributed by atoms with Crippen molar-refractivity contribution in [1.82, 2.24) is 14.8 Å². The number of hydrogen-bond donors (Lipinski definition) is 2. The van der Waals surface area contributed by atoms with Gasteiger partial charge in [0.1, 0.15) is 11.4 Å². The molecule has 3 N–H and O–H groups in total. The Hall–Kier alpha value is -1.83. The van der Waals surface area contributed by atoms with Crippen molar-refractivity contribution in [3.63, 3.8) is 0 Å². The first-order valence-corrected chi connectivity index (χ1v) is 7.20. The van der Waals surface area contributed by atoms with E-state index in [9.17, 15) is 4.79 Å². The quantitative estimate of drug-likeness (QED) is 0.808. The Morgan fingerprint density at radius 3 is 2.75 bits per heavy atom. The van der Waals surface area contributed by atoms with E-state index in [0.717, 1.165) is 6.42 Å². The average molecular weight is 376 g/mol. The van der Waals surface area contributed by atoms with Crippen molar-refractivity contribution < 1.29 is 9.53 Å². The second-order valence-electron chi connectivity index (χ2n) is 5.06. The number of carbonyl (C=O) groups excluding carboxylic acids is 1. The molecule has 0 radical (unpaired) electrons. The number of carbonyl (C=O) groups is 1. The van der Waals surface area contributed by atoms with Crippen molar-refractivity contribution in [2.45, 2.75) is 32.7 Å². The number of ether oxygens (including phenoxy) is 1. The third-order valence-corrected chi connectivity index (χ3v) is 3.20. The van der Waals surface area contributed by atoms with Crippen LogP contribution in [0.15, 0.2) is 24.5 Å². The lowest BCUT2D eigenvalue weighted by Crippen LogP contribution is -2.35. The van der Waals surface area contributed by atoms with E-state index in [1.54, 1.807) is 43.2 Å². The van der Waals surface area contributed by atoms with Gasteiger partial charge in [0.25, 0.3) is 0 Å². The molecule has 0 saturated heterocycles. The molecule has 2 rings (SSSR count). The van der Waals surface area contributed by atoms with Gasteiger partial charge in [-0.1, -0.05) is 13.3 Å². The molecule has 0 aliphatic heterocycles. The number of nitrogens with one attached hydrogen (secondary N) is 1. The molecular weight excluding hydrogens is 353 g/mol. The van der Waals surface area contributed by atoms with E-state index in [0.29, 0.717) is 29.4 Å². The molecule has 0 spiro atoms. The lowest BCUT2D eigenvalue weighted by Gasteiger charge is -2.13. The van der Waals surface area contributed by atoms with Gasteiger partial charge in [0, 0.05) is 13.2 Å². The predicted octanol–water partition coefficient (Wildman–Crippen LogP) is 2.83. The number of nitrogens with two attached hydrogens (primary N) is 1. The summed E-state index contributed by atoms with van der Waals surface area (Å²) in [5.74, 6) is 0.774. The number of aromatic nitrogens is 3. The van der Waals surface area contributed by atoms with E-state index in [1.807, 2.05) is 6.92 Å². The molecule has 2 aromatic rings. The number of rotatable bonds is 6. The highest BCUT2D eigenvalue weighted by atomic mass is 35.5. The lowest BCUT2D eigenvalue weighted by molar-refractivity contribution is -0.117. The summed E-state index contributed by atoms with van der Waals surface area (Å²) in [6.45, 7) is 3.79. The van der Waals surface area contributed by atoms with Crippen LogP contribution in [0.1, 0.15) is 25.5 Å². The van der Waals surface area contributed by atoms with Gasteiger partial charge < -0.3 is 15.8 Å². The maximum atomic E-state index is 12.1. The monoisotopic (exact) mass is 375 g/mol. The van der Waals surface area contributed by atoms with E-state index in [4.69, 9.17) is 10.5 Å². The van der Waals surface area contributed by atoms with E-state index < -0.39 is 6.04 Å². The predicted molar refractivity (Wildman–Crippen MR) is 98.3 cm³/mol. The van der Waals surface area contributed by atoms with E-state index in [-0.39, 0.29) is 30.7 Å². The van der Waals surface area contributed by atoms with Crippen LogP contribution in [-0.4, -0.2) is 26.7 Å². The van der Waals surface area contributed by atoms with E-state index >= 15 is 0 Å². The van der Waals surface area contributed by atoms with Crippen LogP contribution in [0.3, 0.4) is 0 Å².